The molecular formula is C42H46N2O10. The standard InChI is InChI=1S/C42H46N2O10/c1-41(2,3)53-39(49)43-31-17-25(31)19-33(43)37(47)51-21-35(45)24-15-13-23(14-16-24)27-9-7-11-29-28(27)10-8-12-30(29)36(46)22-52-38(48)34-20-26-18-32(26)44(34)40(50)54-42(4,5)6/h7-16,25-26,31-34H,17-22H2,1-6H3/t25?,26-,31?,32+,33?,34-/m0/s1. The number of likely N-dealkylation sites (tertiary alicyclic amines) is 2. The van der Waals surface area contributed by atoms with E-state index in [9.17, 15) is 28.8 Å². The van der Waals surface area contributed by atoms with Gasteiger partial charge in [-0.25, -0.2) is 19.2 Å². The highest BCUT2D eigenvalue weighted by molar-refractivity contribution is 6.12. The van der Waals surface area contributed by atoms with Gasteiger partial charge in [0.25, 0.3) is 0 Å². The largest absolute Gasteiger partial charge is 0.456 e. The minimum Gasteiger partial charge on any atom is -0.456 e. The van der Waals surface area contributed by atoms with Crippen molar-refractivity contribution in [2.45, 2.75) is 103 Å². The van der Waals surface area contributed by atoms with Crippen molar-refractivity contribution < 1.29 is 47.7 Å². The second-order valence-electron chi connectivity index (χ2n) is 16.7. The van der Waals surface area contributed by atoms with Gasteiger partial charge in [0.05, 0.1) is 0 Å². The highest BCUT2D eigenvalue weighted by Crippen LogP contribution is 2.49. The molecule has 2 heterocycles. The summed E-state index contributed by atoms with van der Waals surface area (Å²) in [5.74, 6) is -1.53. The fourth-order valence-electron chi connectivity index (χ4n) is 7.76. The molecule has 6 atom stereocenters. The quantitative estimate of drug-likeness (QED) is 0.131. The van der Waals surface area contributed by atoms with Crippen LogP contribution in [-0.2, 0) is 28.5 Å². The van der Waals surface area contributed by atoms with Gasteiger partial charge in [0.1, 0.15) is 23.3 Å². The van der Waals surface area contributed by atoms with Crippen molar-refractivity contribution in [3.05, 3.63) is 71.8 Å². The molecular weight excluding hydrogens is 692 g/mol. The number of hydrogen-bond donors (Lipinski definition) is 0. The molecule has 54 heavy (non-hydrogen) atoms. The lowest BCUT2D eigenvalue weighted by molar-refractivity contribution is -0.148. The molecule has 4 aliphatic rings. The Morgan fingerprint density at radius 1 is 0.593 bits per heavy atom. The van der Waals surface area contributed by atoms with Gasteiger partial charge < -0.3 is 18.9 Å². The predicted molar refractivity (Wildman–Crippen MR) is 197 cm³/mol. The number of esters is 2. The van der Waals surface area contributed by atoms with E-state index in [2.05, 4.69) is 0 Å². The molecule has 12 nitrogen and oxygen atoms in total. The van der Waals surface area contributed by atoms with Crippen molar-refractivity contribution in [3.8, 4) is 11.1 Å². The third-order valence-electron chi connectivity index (χ3n) is 10.4. The zero-order valence-corrected chi connectivity index (χ0v) is 31.5. The Morgan fingerprint density at radius 2 is 1.07 bits per heavy atom. The van der Waals surface area contributed by atoms with Gasteiger partial charge in [0, 0.05) is 23.2 Å². The van der Waals surface area contributed by atoms with Crippen LogP contribution >= 0.6 is 0 Å². The van der Waals surface area contributed by atoms with Gasteiger partial charge >= 0.3 is 24.1 Å². The normalized spacial score (nSPS) is 24.0. The predicted octanol–water partition coefficient (Wildman–Crippen LogP) is 6.75. The molecule has 2 aliphatic carbocycles. The maximum Gasteiger partial charge on any atom is 0.411 e. The maximum absolute atomic E-state index is 13.5. The summed E-state index contributed by atoms with van der Waals surface area (Å²) in [7, 11) is 0. The number of ketones is 2. The van der Waals surface area contributed by atoms with Crippen LogP contribution in [0, 0.1) is 11.8 Å². The second kappa shape index (κ2) is 13.9. The Kier molecular flexibility index (Phi) is 9.52. The summed E-state index contributed by atoms with van der Waals surface area (Å²) in [6.07, 6.45) is 1.54. The molecule has 2 amide bonds. The molecule has 7 rings (SSSR count). The molecule has 0 radical (unpaired) electrons. The lowest BCUT2D eigenvalue weighted by Gasteiger charge is -2.29. The van der Waals surface area contributed by atoms with Crippen molar-refractivity contribution in [2.24, 2.45) is 11.8 Å². The smallest absolute Gasteiger partial charge is 0.411 e. The molecule has 0 aromatic heterocycles. The Bertz CT molecular complexity index is 2030. The van der Waals surface area contributed by atoms with E-state index in [0.29, 0.717) is 29.4 Å². The molecule has 0 bridgehead atoms. The average Bonchev–Trinajstić information content (AvgIpc) is 3.99. The SMILES string of the molecule is CC(C)(C)OC(=O)N1C(C(=O)OCC(=O)c2ccc(-c3cccc4c(C(=O)COC(=O)[C@@H]5C[C@@H]6C[C@H]6N5C(=O)OC(C)(C)C)cccc34)cc2)CC2CC21. The minimum atomic E-state index is -0.787. The van der Waals surface area contributed by atoms with Crippen molar-refractivity contribution in [3.63, 3.8) is 0 Å². The molecule has 2 saturated heterocycles. The number of amides is 2. The summed E-state index contributed by atoms with van der Waals surface area (Å²) in [6, 6.07) is 16.2. The molecule has 2 aliphatic heterocycles. The Hall–Kier alpha value is -5.26. The number of Topliss-reactive ketones (excluding diaryl/α,β-unsaturated/α-hetero) is 2. The molecule has 3 unspecified atom stereocenters. The summed E-state index contributed by atoms with van der Waals surface area (Å²) in [5, 5.41) is 1.46. The van der Waals surface area contributed by atoms with Crippen molar-refractivity contribution >= 4 is 46.5 Å². The molecule has 12 heteroatoms. The topological polar surface area (TPSA) is 146 Å². The van der Waals surface area contributed by atoms with Crippen LogP contribution in [0.5, 0.6) is 0 Å². The number of piperidine rings is 2. The summed E-state index contributed by atoms with van der Waals surface area (Å²) in [4.78, 5) is 81.3. The van der Waals surface area contributed by atoms with Gasteiger partial charge in [0.15, 0.2) is 19.0 Å². The first-order valence-electron chi connectivity index (χ1n) is 18.5. The monoisotopic (exact) mass is 738 g/mol. The van der Waals surface area contributed by atoms with Gasteiger partial charge in [-0.3, -0.25) is 19.4 Å². The van der Waals surface area contributed by atoms with E-state index in [1.54, 1.807) is 77.9 Å². The van der Waals surface area contributed by atoms with Crippen molar-refractivity contribution in [1.82, 2.24) is 9.80 Å². The highest BCUT2D eigenvalue weighted by atomic mass is 16.6. The van der Waals surface area contributed by atoms with Crippen LogP contribution in [0.4, 0.5) is 9.59 Å². The Labute approximate surface area is 314 Å². The van der Waals surface area contributed by atoms with Gasteiger partial charge in [-0.15, -0.1) is 0 Å². The number of carbonyl (C=O) groups is 6. The summed E-state index contributed by atoms with van der Waals surface area (Å²) < 4.78 is 22.0. The van der Waals surface area contributed by atoms with Gasteiger partial charge in [-0.2, -0.15) is 0 Å². The van der Waals surface area contributed by atoms with Gasteiger partial charge in [0.2, 0.25) is 5.78 Å². The van der Waals surface area contributed by atoms with E-state index in [4.69, 9.17) is 18.9 Å². The fourth-order valence-corrected chi connectivity index (χ4v) is 7.76. The molecule has 3 aromatic rings. The number of rotatable bonds is 9. The van der Waals surface area contributed by atoms with Crippen molar-refractivity contribution in [2.75, 3.05) is 13.2 Å². The molecule has 3 aromatic carbocycles. The molecule has 0 N–H and O–H groups in total. The number of ether oxygens (including phenoxy) is 4. The highest BCUT2D eigenvalue weighted by Gasteiger charge is 2.59. The van der Waals surface area contributed by atoms with Gasteiger partial charge in [-0.05, 0) is 101 Å². The Morgan fingerprint density at radius 3 is 1.59 bits per heavy atom. The third kappa shape index (κ3) is 7.69. The summed E-state index contributed by atoms with van der Waals surface area (Å²) in [5.41, 5.74) is 0.956. The first kappa shape index (κ1) is 37.1. The van der Waals surface area contributed by atoms with E-state index in [-0.39, 0.29) is 35.5 Å². The summed E-state index contributed by atoms with van der Waals surface area (Å²) >= 11 is 0. The van der Waals surface area contributed by atoms with E-state index in [1.807, 2.05) is 24.3 Å². The third-order valence-corrected chi connectivity index (χ3v) is 10.4. The van der Waals surface area contributed by atoms with Gasteiger partial charge in [-0.1, -0.05) is 60.7 Å². The zero-order valence-electron chi connectivity index (χ0n) is 31.5. The maximum atomic E-state index is 13.5. The second-order valence-corrected chi connectivity index (χ2v) is 16.7. The zero-order chi connectivity index (χ0) is 38.7. The fraction of sp³-hybridized carbons (Fsp3) is 0.476. The van der Waals surface area contributed by atoms with Crippen LogP contribution in [0.2, 0.25) is 0 Å². The van der Waals surface area contributed by atoms with Crippen molar-refractivity contribution in [1.29, 1.82) is 0 Å². The summed E-state index contributed by atoms with van der Waals surface area (Å²) in [6.45, 7) is 9.69. The van der Waals surface area contributed by atoms with Crippen LogP contribution in [-0.4, -0.2) is 94.1 Å². The van der Waals surface area contributed by atoms with E-state index >= 15 is 0 Å². The molecule has 0 spiro atoms. The lowest BCUT2D eigenvalue weighted by Crippen LogP contribution is -2.46. The van der Waals surface area contributed by atoms with E-state index < -0.39 is 60.6 Å². The number of carbonyl (C=O) groups excluding carboxylic acids is 6. The lowest BCUT2D eigenvalue weighted by atomic mass is 9.94. The molecule has 4 fully saturated rings. The average molecular weight is 739 g/mol. The van der Waals surface area contributed by atoms with Crippen LogP contribution in [0.1, 0.15) is 87.9 Å². The van der Waals surface area contributed by atoms with E-state index in [0.717, 1.165) is 29.4 Å². The van der Waals surface area contributed by atoms with Crippen LogP contribution < -0.4 is 0 Å². The number of hydrogen-bond acceptors (Lipinski definition) is 10. The number of benzene rings is 3. The minimum absolute atomic E-state index is 0.0350. The molecule has 2 saturated carbocycles. The van der Waals surface area contributed by atoms with Crippen LogP contribution in [0.3, 0.4) is 0 Å². The first-order valence-corrected chi connectivity index (χ1v) is 18.5. The number of fused-ring (bicyclic) bond motifs is 3. The Balaban J connectivity index is 0.976. The van der Waals surface area contributed by atoms with Crippen LogP contribution in [0.25, 0.3) is 21.9 Å². The first-order chi connectivity index (χ1) is 25.5. The molecule has 284 valence electrons. The number of nitrogens with zero attached hydrogens (tertiary/aromatic N) is 2. The van der Waals surface area contributed by atoms with E-state index in [1.165, 1.54) is 9.80 Å². The van der Waals surface area contributed by atoms with Crippen LogP contribution in [0.15, 0.2) is 60.7 Å².